The molecule has 0 unspecified atom stereocenters. The third-order valence-electron chi connectivity index (χ3n) is 3.37. The van der Waals surface area contributed by atoms with E-state index in [2.05, 4.69) is 31.4 Å². The van der Waals surface area contributed by atoms with Gasteiger partial charge in [-0.1, -0.05) is 52.0 Å². The number of thioether (sulfide) groups is 1. The van der Waals surface area contributed by atoms with Gasteiger partial charge in [-0.3, -0.25) is 4.79 Å². The van der Waals surface area contributed by atoms with Crippen molar-refractivity contribution in [3.8, 4) is 6.07 Å². The molecule has 2 aromatic carbocycles. The lowest BCUT2D eigenvalue weighted by atomic mass is 10.2. The Bertz CT molecular complexity index is 950. The van der Waals surface area contributed by atoms with Crippen molar-refractivity contribution in [2.75, 3.05) is 11.1 Å². The summed E-state index contributed by atoms with van der Waals surface area (Å²) in [4.78, 5) is 12.0. The van der Waals surface area contributed by atoms with Crippen LogP contribution in [-0.2, 0) is 11.2 Å². The second-order valence-corrected chi connectivity index (χ2v) is 7.10. The zero-order valence-corrected chi connectivity index (χ0v) is 15.9. The molecule has 0 fully saturated rings. The van der Waals surface area contributed by atoms with Gasteiger partial charge >= 0.3 is 0 Å². The molecule has 130 valence electrons. The minimum Gasteiger partial charge on any atom is -0.416 e. The molecule has 8 heteroatoms. The van der Waals surface area contributed by atoms with E-state index in [9.17, 15) is 4.79 Å². The van der Waals surface area contributed by atoms with Crippen LogP contribution in [0.4, 0.5) is 5.69 Å². The number of carbonyl (C=O) groups excluding carboxylic acids is 1. The fourth-order valence-corrected chi connectivity index (χ4v) is 2.99. The highest BCUT2D eigenvalue weighted by molar-refractivity contribution is 9.10. The molecule has 0 aliphatic heterocycles. The van der Waals surface area contributed by atoms with Gasteiger partial charge in [-0.2, -0.15) is 5.26 Å². The van der Waals surface area contributed by atoms with Gasteiger partial charge in [0, 0.05) is 4.47 Å². The van der Waals surface area contributed by atoms with Crippen LogP contribution >= 0.6 is 27.7 Å². The lowest BCUT2D eigenvalue weighted by Crippen LogP contribution is -2.14. The predicted molar refractivity (Wildman–Crippen MR) is 102 cm³/mol. The Morgan fingerprint density at radius 1 is 1.19 bits per heavy atom. The fraction of sp³-hybridized carbons (Fsp3) is 0.111. The van der Waals surface area contributed by atoms with Crippen molar-refractivity contribution in [1.29, 1.82) is 5.26 Å². The Balaban J connectivity index is 1.53. The normalized spacial score (nSPS) is 10.3. The van der Waals surface area contributed by atoms with E-state index in [0.717, 1.165) is 21.8 Å². The number of nitrogens with zero attached hydrogens (tertiary/aromatic N) is 3. The molecule has 0 bridgehead atoms. The number of rotatable bonds is 6. The van der Waals surface area contributed by atoms with Gasteiger partial charge in [0.05, 0.1) is 23.4 Å². The van der Waals surface area contributed by atoms with Gasteiger partial charge in [-0.25, -0.2) is 0 Å². The quantitative estimate of drug-likeness (QED) is 0.595. The highest BCUT2D eigenvalue weighted by Crippen LogP contribution is 2.20. The second kappa shape index (κ2) is 8.65. The first kappa shape index (κ1) is 18.2. The predicted octanol–water partition coefficient (Wildman–Crippen LogP) is 4.03. The van der Waals surface area contributed by atoms with E-state index >= 15 is 0 Å². The number of nitrogens with one attached hydrogen (secondary N) is 1. The Kier molecular flexibility index (Phi) is 6.04. The number of benzene rings is 2. The molecular weight excluding hydrogens is 416 g/mol. The van der Waals surface area contributed by atoms with Crippen molar-refractivity contribution in [1.82, 2.24) is 10.2 Å². The molecule has 0 saturated carbocycles. The van der Waals surface area contributed by atoms with Gasteiger partial charge in [0.2, 0.25) is 11.8 Å². The summed E-state index contributed by atoms with van der Waals surface area (Å²) in [6.07, 6.45) is 0.530. The van der Waals surface area contributed by atoms with Gasteiger partial charge in [-0.15, -0.1) is 10.2 Å². The molecule has 1 amide bonds. The summed E-state index contributed by atoms with van der Waals surface area (Å²) in [7, 11) is 0. The lowest BCUT2D eigenvalue weighted by Gasteiger charge is -2.05. The molecule has 0 spiro atoms. The van der Waals surface area contributed by atoms with Crippen molar-refractivity contribution in [3.05, 3.63) is 70.0 Å². The van der Waals surface area contributed by atoms with Gasteiger partial charge in [0.25, 0.3) is 5.22 Å². The zero-order chi connectivity index (χ0) is 18.4. The van der Waals surface area contributed by atoms with Crippen LogP contribution in [0, 0.1) is 11.3 Å². The van der Waals surface area contributed by atoms with Gasteiger partial charge < -0.3 is 9.73 Å². The maximum atomic E-state index is 12.0. The minimum absolute atomic E-state index is 0.111. The zero-order valence-electron chi connectivity index (χ0n) is 13.5. The smallest absolute Gasteiger partial charge is 0.277 e. The topological polar surface area (TPSA) is 91.8 Å². The summed E-state index contributed by atoms with van der Waals surface area (Å²) >= 11 is 4.54. The van der Waals surface area contributed by atoms with E-state index in [0.29, 0.717) is 28.8 Å². The molecule has 0 aliphatic carbocycles. The summed E-state index contributed by atoms with van der Waals surface area (Å²) in [5, 5.41) is 20.0. The standard InChI is InChI=1S/C18H13BrN4O2S/c19-14-7-5-12(6-8-14)9-17-22-23-18(25-17)26-11-16(24)21-15-4-2-1-3-13(15)10-20/h1-8H,9,11H2,(H,21,24). The molecule has 6 nitrogen and oxygen atoms in total. The molecule has 1 N–H and O–H groups in total. The van der Waals surface area contributed by atoms with E-state index in [1.807, 2.05) is 30.3 Å². The highest BCUT2D eigenvalue weighted by atomic mass is 79.9. The average molecular weight is 429 g/mol. The summed E-state index contributed by atoms with van der Waals surface area (Å²) in [5.41, 5.74) is 1.96. The Morgan fingerprint density at radius 2 is 1.96 bits per heavy atom. The van der Waals surface area contributed by atoms with Crippen molar-refractivity contribution >= 4 is 39.3 Å². The van der Waals surface area contributed by atoms with Gasteiger partial charge in [0.15, 0.2) is 0 Å². The molecule has 26 heavy (non-hydrogen) atoms. The van der Waals surface area contributed by atoms with E-state index in [1.54, 1.807) is 24.3 Å². The summed E-state index contributed by atoms with van der Waals surface area (Å²) in [5.74, 6) is 0.357. The van der Waals surface area contributed by atoms with Crippen molar-refractivity contribution in [2.45, 2.75) is 11.6 Å². The third kappa shape index (κ3) is 4.94. The van der Waals surface area contributed by atoms with Crippen LogP contribution in [0.1, 0.15) is 17.0 Å². The van der Waals surface area contributed by atoms with Crippen LogP contribution in [0.3, 0.4) is 0 Å². The molecule has 1 aromatic heterocycles. The molecular formula is C18H13BrN4O2S. The van der Waals surface area contributed by atoms with Crippen molar-refractivity contribution in [3.63, 3.8) is 0 Å². The maximum absolute atomic E-state index is 12.0. The number of nitriles is 1. The number of aromatic nitrogens is 2. The molecule has 1 heterocycles. The maximum Gasteiger partial charge on any atom is 0.277 e. The summed E-state index contributed by atoms with van der Waals surface area (Å²) < 4.78 is 6.57. The number of halogens is 1. The van der Waals surface area contributed by atoms with Crippen LogP contribution in [-0.4, -0.2) is 21.9 Å². The van der Waals surface area contributed by atoms with Crippen LogP contribution in [0.2, 0.25) is 0 Å². The first-order valence-corrected chi connectivity index (χ1v) is 9.40. The third-order valence-corrected chi connectivity index (χ3v) is 4.71. The summed E-state index contributed by atoms with van der Waals surface area (Å²) in [6, 6.07) is 16.7. The molecule has 0 radical (unpaired) electrons. The molecule has 0 saturated heterocycles. The Hall–Kier alpha value is -2.63. The first-order valence-electron chi connectivity index (χ1n) is 7.62. The molecule has 0 aliphatic rings. The van der Waals surface area contributed by atoms with Crippen LogP contribution in [0.5, 0.6) is 0 Å². The van der Waals surface area contributed by atoms with Crippen molar-refractivity contribution < 1.29 is 9.21 Å². The number of hydrogen-bond donors (Lipinski definition) is 1. The van der Waals surface area contributed by atoms with E-state index < -0.39 is 0 Å². The molecule has 0 atom stereocenters. The Morgan fingerprint density at radius 3 is 2.73 bits per heavy atom. The number of carbonyl (C=O) groups is 1. The monoisotopic (exact) mass is 428 g/mol. The first-order chi connectivity index (χ1) is 12.6. The van der Waals surface area contributed by atoms with Crippen LogP contribution in [0.25, 0.3) is 0 Å². The number of hydrogen-bond acceptors (Lipinski definition) is 6. The lowest BCUT2D eigenvalue weighted by molar-refractivity contribution is -0.113. The Labute approximate surface area is 162 Å². The van der Waals surface area contributed by atoms with Crippen LogP contribution < -0.4 is 5.32 Å². The largest absolute Gasteiger partial charge is 0.416 e. The highest BCUT2D eigenvalue weighted by Gasteiger charge is 2.11. The minimum atomic E-state index is -0.245. The van der Waals surface area contributed by atoms with Crippen molar-refractivity contribution in [2.24, 2.45) is 0 Å². The van der Waals surface area contributed by atoms with E-state index in [1.165, 1.54) is 0 Å². The SMILES string of the molecule is N#Cc1ccccc1NC(=O)CSc1nnc(Cc2ccc(Br)cc2)o1. The molecule has 3 rings (SSSR count). The van der Waals surface area contributed by atoms with E-state index in [4.69, 9.17) is 9.68 Å². The van der Waals surface area contributed by atoms with E-state index in [-0.39, 0.29) is 11.7 Å². The van der Waals surface area contributed by atoms with Crippen LogP contribution in [0.15, 0.2) is 62.6 Å². The second-order valence-electron chi connectivity index (χ2n) is 5.26. The van der Waals surface area contributed by atoms with Gasteiger partial charge in [0.1, 0.15) is 6.07 Å². The molecule has 3 aromatic rings. The number of anilines is 1. The average Bonchev–Trinajstić information content (AvgIpc) is 3.10. The van der Waals surface area contributed by atoms with Gasteiger partial charge in [-0.05, 0) is 29.8 Å². The fourth-order valence-electron chi connectivity index (χ4n) is 2.15. The number of para-hydroxylation sites is 1. The summed E-state index contributed by atoms with van der Waals surface area (Å²) in [6.45, 7) is 0. The number of amides is 1.